The molecule has 0 aliphatic carbocycles. The van der Waals surface area contributed by atoms with E-state index in [1.807, 2.05) is 21.0 Å². The minimum Gasteiger partial charge on any atom is -0.297 e. The molecular weight excluding hydrogens is 258 g/mol. The van der Waals surface area contributed by atoms with Gasteiger partial charge < -0.3 is 0 Å². The molecule has 15 heavy (non-hydrogen) atoms. The molecule has 1 aliphatic heterocycles. The Labute approximate surface area is 97.4 Å². The maximum atomic E-state index is 11.8. The van der Waals surface area contributed by atoms with Crippen molar-refractivity contribution in [1.82, 2.24) is 14.7 Å². The van der Waals surface area contributed by atoms with E-state index < -0.39 is 0 Å². The first-order chi connectivity index (χ1) is 7.02. The van der Waals surface area contributed by atoms with E-state index in [2.05, 4.69) is 25.9 Å². The topological polar surface area (TPSA) is 38.1 Å². The van der Waals surface area contributed by atoms with Gasteiger partial charge in [0.2, 0.25) is 0 Å². The van der Waals surface area contributed by atoms with Crippen LogP contribution in [0, 0.1) is 6.92 Å². The zero-order valence-electron chi connectivity index (χ0n) is 9.12. The van der Waals surface area contributed by atoms with Crippen LogP contribution in [0.25, 0.3) is 0 Å². The molecule has 1 aromatic rings. The normalized spacial score (nSPS) is 22.7. The Bertz CT molecular complexity index is 413. The van der Waals surface area contributed by atoms with E-state index in [-0.39, 0.29) is 11.8 Å². The lowest BCUT2D eigenvalue weighted by atomic mass is 10.1. The van der Waals surface area contributed by atoms with Crippen LogP contribution in [0.15, 0.2) is 4.47 Å². The molecule has 0 aromatic carbocycles. The van der Waals surface area contributed by atoms with Crippen molar-refractivity contribution in [2.24, 2.45) is 7.05 Å². The third-order valence-corrected chi connectivity index (χ3v) is 3.89. The van der Waals surface area contributed by atoms with Crippen molar-refractivity contribution >= 4 is 21.7 Å². The van der Waals surface area contributed by atoms with Crippen LogP contribution in [0.4, 0.5) is 0 Å². The number of aromatic nitrogens is 2. The van der Waals surface area contributed by atoms with Gasteiger partial charge >= 0.3 is 0 Å². The second-order valence-corrected chi connectivity index (χ2v) is 4.80. The highest BCUT2D eigenvalue weighted by Gasteiger charge is 2.35. The predicted octanol–water partition coefficient (Wildman–Crippen LogP) is 1.44. The van der Waals surface area contributed by atoms with Gasteiger partial charge in [0.05, 0.1) is 15.9 Å². The lowest BCUT2D eigenvalue weighted by molar-refractivity contribution is -0.120. The summed E-state index contributed by atoms with van der Waals surface area (Å²) in [5.74, 6) is 0.279. The molecule has 4 nitrogen and oxygen atoms in total. The molecule has 0 saturated carbocycles. The van der Waals surface area contributed by atoms with Gasteiger partial charge in [-0.2, -0.15) is 5.10 Å². The molecule has 82 valence electrons. The SMILES string of the molecule is Cc1nn(C)c(C2C(=O)CCN2C)c1Br. The zero-order valence-corrected chi connectivity index (χ0v) is 10.7. The van der Waals surface area contributed by atoms with Crippen molar-refractivity contribution in [3.63, 3.8) is 0 Å². The molecule has 1 fully saturated rings. The van der Waals surface area contributed by atoms with Crippen molar-refractivity contribution in [3.8, 4) is 0 Å². The first-order valence-corrected chi connectivity index (χ1v) is 5.73. The number of carbonyl (C=O) groups is 1. The Balaban J connectivity index is 2.48. The third kappa shape index (κ3) is 1.63. The Morgan fingerprint density at radius 2 is 2.13 bits per heavy atom. The number of aryl methyl sites for hydroxylation is 2. The van der Waals surface area contributed by atoms with Gasteiger partial charge in [0.25, 0.3) is 0 Å². The summed E-state index contributed by atoms with van der Waals surface area (Å²) < 4.78 is 2.75. The number of rotatable bonds is 1. The summed E-state index contributed by atoms with van der Waals surface area (Å²) >= 11 is 3.50. The summed E-state index contributed by atoms with van der Waals surface area (Å²) in [4.78, 5) is 13.9. The number of likely N-dealkylation sites (tertiary alicyclic amines) is 1. The lowest BCUT2D eigenvalue weighted by Crippen LogP contribution is -2.23. The lowest BCUT2D eigenvalue weighted by Gasteiger charge is -2.18. The molecule has 1 aliphatic rings. The van der Waals surface area contributed by atoms with Gasteiger partial charge in [-0.1, -0.05) is 0 Å². The first-order valence-electron chi connectivity index (χ1n) is 4.94. The van der Waals surface area contributed by atoms with Gasteiger partial charge in [-0.05, 0) is 29.9 Å². The van der Waals surface area contributed by atoms with Crippen LogP contribution in [0.5, 0.6) is 0 Å². The smallest absolute Gasteiger partial charge is 0.157 e. The molecule has 1 unspecified atom stereocenters. The number of Topliss-reactive ketones (excluding diaryl/α,β-unsaturated/α-hetero) is 1. The molecule has 5 heteroatoms. The fourth-order valence-electron chi connectivity index (χ4n) is 2.11. The van der Waals surface area contributed by atoms with Crippen LogP contribution >= 0.6 is 15.9 Å². The van der Waals surface area contributed by atoms with Gasteiger partial charge in [-0.25, -0.2) is 0 Å². The monoisotopic (exact) mass is 271 g/mol. The molecule has 2 rings (SSSR count). The van der Waals surface area contributed by atoms with Crippen molar-refractivity contribution < 1.29 is 4.79 Å². The number of hydrogen-bond acceptors (Lipinski definition) is 3. The summed E-state index contributed by atoms with van der Waals surface area (Å²) in [5.41, 5.74) is 1.90. The van der Waals surface area contributed by atoms with E-state index in [1.165, 1.54) is 0 Å². The van der Waals surface area contributed by atoms with Crippen LogP contribution in [-0.2, 0) is 11.8 Å². The van der Waals surface area contributed by atoms with Crippen LogP contribution in [0.2, 0.25) is 0 Å². The Kier molecular flexibility index (Phi) is 2.68. The molecule has 2 heterocycles. The Morgan fingerprint density at radius 1 is 1.47 bits per heavy atom. The first kappa shape index (κ1) is 10.8. The second kappa shape index (κ2) is 3.72. The van der Waals surface area contributed by atoms with Gasteiger partial charge in [0, 0.05) is 20.0 Å². The largest absolute Gasteiger partial charge is 0.297 e. The quantitative estimate of drug-likeness (QED) is 0.776. The van der Waals surface area contributed by atoms with Crippen LogP contribution in [0.3, 0.4) is 0 Å². The number of halogens is 1. The summed E-state index contributed by atoms with van der Waals surface area (Å²) in [6, 6.07) is -0.134. The standard InChI is InChI=1S/C10H14BrN3O/c1-6-8(11)10(14(3)12-6)9-7(15)4-5-13(9)2/h9H,4-5H2,1-3H3. The Morgan fingerprint density at radius 3 is 2.53 bits per heavy atom. The van der Waals surface area contributed by atoms with E-state index in [0.717, 1.165) is 22.4 Å². The maximum Gasteiger partial charge on any atom is 0.157 e. The molecular formula is C10H14BrN3O. The van der Waals surface area contributed by atoms with Gasteiger partial charge in [0.1, 0.15) is 6.04 Å². The fourth-order valence-corrected chi connectivity index (χ4v) is 2.66. The summed E-state index contributed by atoms with van der Waals surface area (Å²) in [6.07, 6.45) is 0.637. The average molecular weight is 272 g/mol. The van der Waals surface area contributed by atoms with Crippen molar-refractivity contribution in [2.75, 3.05) is 13.6 Å². The molecule has 0 amide bonds. The fraction of sp³-hybridized carbons (Fsp3) is 0.600. The zero-order chi connectivity index (χ0) is 11.2. The molecule has 0 bridgehead atoms. The van der Waals surface area contributed by atoms with Crippen LogP contribution in [-0.4, -0.2) is 34.1 Å². The molecule has 1 aromatic heterocycles. The molecule has 1 saturated heterocycles. The molecule has 0 N–H and O–H groups in total. The average Bonchev–Trinajstić information content (AvgIpc) is 2.59. The minimum absolute atomic E-state index is 0.134. The second-order valence-electron chi connectivity index (χ2n) is 4.01. The third-order valence-electron chi connectivity index (χ3n) is 2.91. The number of nitrogens with zero attached hydrogens (tertiary/aromatic N) is 3. The van der Waals surface area contributed by atoms with E-state index in [1.54, 1.807) is 4.68 Å². The highest BCUT2D eigenvalue weighted by Crippen LogP contribution is 2.33. The minimum atomic E-state index is -0.134. The van der Waals surface area contributed by atoms with Crippen molar-refractivity contribution in [1.29, 1.82) is 0 Å². The summed E-state index contributed by atoms with van der Waals surface area (Å²) in [5, 5.41) is 4.31. The Hall–Kier alpha value is -0.680. The summed E-state index contributed by atoms with van der Waals surface area (Å²) in [6.45, 7) is 2.77. The van der Waals surface area contributed by atoms with E-state index in [9.17, 15) is 4.79 Å². The van der Waals surface area contributed by atoms with E-state index in [0.29, 0.717) is 6.42 Å². The number of hydrogen-bond donors (Lipinski definition) is 0. The van der Waals surface area contributed by atoms with Gasteiger partial charge in [-0.15, -0.1) is 0 Å². The summed E-state index contributed by atoms with van der Waals surface area (Å²) in [7, 11) is 3.86. The highest BCUT2D eigenvalue weighted by molar-refractivity contribution is 9.10. The molecule has 0 spiro atoms. The van der Waals surface area contributed by atoms with Crippen molar-refractivity contribution in [2.45, 2.75) is 19.4 Å². The predicted molar refractivity (Wildman–Crippen MR) is 60.6 cm³/mol. The van der Waals surface area contributed by atoms with Crippen LogP contribution in [0.1, 0.15) is 23.9 Å². The number of likely N-dealkylation sites (N-methyl/N-ethyl adjacent to an activating group) is 1. The number of ketones is 1. The van der Waals surface area contributed by atoms with Crippen molar-refractivity contribution in [3.05, 3.63) is 15.9 Å². The van der Waals surface area contributed by atoms with E-state index >= 15 is 0 Å². The highest BCUT2D eigenvalue weighted by atomic mass is 79.9. The van der Waals surface area contributed by atoms with Gasteiger partial charge in [0.15, 0.2) is 5.78 Å². The molecule has 0 radical (unpaired) electrons. The maximum absolute atomic E-state index is 11.8. The molecule has 1 atom stereocenters. The van der Waals surface area contributed by atoms with E-state index in [4.69, 9.17) is 0 Å². The number of carbonyl (C=O) groups excluding carboxylic acids is 1. The van der Waals surface area contributed by atoms with Gasteiger partial charge in [-0.3, -0.25) is 14.4 Å². The van der Waals surface area contributed by atoms with Crippen LogP contribution < -0.4 is 0 Å².